The van der Waals surface area contributed by atoms with Crippen LogP contribution in [0.5, 0.6) is 5.75 Å². The normalized spacial score (nSPS) is 18.3. The number of allylic oxidation sites excluding steroid dienone is 6. The Morgan fingerprint density at radius 2 is 2.06 bits per heavy atom. The van der Waals surface area contributed by atoms with E-state index in [0.717, 1.165) is 47.5 Å². The largest absolute Gasteiger partial charge is 0.496 e. The van der Waals surface area contributed by atoms with Gasteiger partial charge in [-0.05, 0) is 61.6 Å². The quantitative estimate of drug-likeness (QED) is 0.490. The smallest absolute Gasteiger partial charge is 0.266 e. The number of amides is 1. The van der Waals surface area contributed by atoms with Crippen LogP contribution in [0.15, 0.2) is 83.4 Å². The zero-order chi connectivity index (χ0) is 24.8. The fraction of sp³-hybridized carbons (Fsp3) is 0.310. The summed E-state index contributed by atoms with van der Waals surface area (Å²) in [4.78, 5) is 20.1. The molecular formula is C29H32ClN3O2. The third-order valence-corrected chi connectivity index (χ3v) is 6.79. The lowest BCUT2D eigenvalue weighted by atomic mass is 9.92. The molecule has 4 rings (SSSR count). The van der Waals surface area contributed by atoms with Crippen molar-refractivity contribution in [1.29, 1.82) is 0 Å². The molecule has 0 bridgehead atoms. The number of methoxy groups -OCH3 is 1. The van der Waals surface area contributed by atoms with Gasteiger partial charge in [0.05, 0.1) is 18.5 Å². The Labute approximate surface area is 212 Å². The Hall–Kier alpha value is -3.15. The molecule has 0 aromatic heterocycles. The van der Waals surface area contributed by atoms with E-state index < -0.39 is 6.17 Å². The number of benzene rings is 2. The predicted octanol–water partition coefficient (Wildman–Crippen LogP) is 6.06. The first kappa shape index (κ1) is 25.0. The lowest BCUT2D eigenvalue weighted by Crippen LogP contribution is -2.44. The Kier molecular flexibility index (Phi) is 8.21. The Morgan fingerprint density at radius 3 is 2.86 bits per heavy atom. The number of hydrogen-bond donors (Lipinski definition) is 1. The van der Waals surface area contributed by atoms with Gasteiger partial charge < -0.3 is 9.64 Å². The first-order valence-corrected chi connectivity index (χ1v) is 12.5. The minimum absolute atomic E-state index is 0.0948. The molecule has 35 heavy (non-hydrogen) atoms. The summed E-state index contributed by atoms with van der Waals surface area (Å²) in [5, 5.41) is 4.04. The fourth-order valence-corrected chi connectivity index (χ4v) is 4.80. The molecule has 2 atom stereocenters. The van der Waals surface area contributed by atoms with Crippen molar-refractivity contribution < 1.29 is 9.53 Å². The van der Waals surface area contributed by atoms with Crippen molar-refractivity contribution in [2.45, 2.75) is 38.3 Å². The minimum atomic E-state index is -0.696. The third kappa shape index (κ3) is 5.58. The number of likely N-dealkylation sites (N-methyl/N-ethyl adjacent to an activating group) is 1. The highest BCUT2D eigenvalue weighted by atomic mass is 35.5. The molecule has 2 aromatic carbocycles. The summed E-state index contributed by atoms with van der Waals surface area (Å²) < 4.78 is 5.58. The number of fused-ring (bicyclic) bond motifs is 1. The second-order valence-electron chi connectivity index (χ2n) is 8.72. The molecule has 0 fully saturated rings. The van der Waals surface area contributed by atoms with Gasteiger partial charge in [-0.25, -0.2) is 0 Å². The van der Waals surface area contributed by atoms with Gasteiger partial charge in [0.15, 0.2) is 6.17 Å². The van der Waals surface area contributed by atoms with Crippen LogP contribution >= 0.6 is 11.6 Å². The summed E-state index contributed by atoms with van der Waals surface area (Å²) in [5.41, 5.74) is 4.56. The SMILES string of the molecule is CCC(CCNC1N=C(C2=CC=CCC=C2)c2cc(Cl)ccc2N(C)C1=O)c1ccccc1OC. The summed E-state index contributed by atoms with van der Waals surface area (Å²) in [6, 6.07) is 13.7. The maximum Gasteiger partial charge on any atom is 0.266 e. The van der Waals surface area contributed by atoms with Gasteiger partial charge in [-0.3, -0.25) is 15.1 Å². The predicted molar refractivity (Wildman–Crippen MR) is 145 cm³/mol. The van der Waals surface area contributed by atoms with E-state index in [1.807, 2.05) is 48.6 Å². The van der Waals surface area contributed by atoms with Crippen LogP contribution in [0.1, 0.15) is 43.2 Å². The average Bonchev–Trinajstić information content (AvgIpc) is 3.21. The number of hydrogen-bond acceptors (Lipinski definition) is 4. The lowest BCUT2D eigenvalue weighted by Gasteiger charge is -2.22. The van der Waals surface area contributed by atoms with Crippen LogP contribution in [-0.2, 0) is 4.79 Å². The highest BCUT2D eigenvalue weighted by Crippen LogP contribution is 2.32. The van der Waals surface area contributed by atoms with Crippen LogP contribution in [0.4, 0.5) is 5.69 Å². The van der Waals surface area contributed by atoms with Gasteiger partial charge in [-0.15, -0.1) is 0 Å². The Morgan fingerprint density at radius 1 is 1.23 bits per heavy atom. The van der Waals surface area contributed by atoms with Crippen molar-refractivity contribution in [2.75, 3.05) is 25.6 Å². The Balaban J connectivity index is 1.62. The third-order valence-electron chi connectivity index (χ3n) is 6.55. The number of carbonyl (C=O) groups is 1. The minimum Gasteiger partial charge on any atom is -0.496 e. The van der Waals surface area contributed by atoms with Crippen LogP contribution < -0.4 is 15.0 Å². The first-order valence-electron chi connectivity index (χ1n) is 12.1. The average molecular weight is 490 g/mol. The highest BCUT2D eigenvalue weighted by Gasteiger charge is 2.30. The number of para-hydroxylation sites is 1. The van der Waals surface area contributed by atoms with Gasteiger partial charge in [0.2, 0.25) is 0 Å². The first-order chi connectivity index (χ1) is 17.0. The number of aliphatic imine (C=N–C) groups is 1. The molecule has 2 aromatic rings. The van der Waals surface area contributed by atoms with Crippen molar-refractivity contribution in [2.24, 2.45) is 4.99 Å². The Bertz CT molecular complexity index is 1200. The van der Waals surface area contributed by atoms with E-state index in [-0.39, 0.29) is 5.91 Å². The van der Waals surface area contributed by atoms with Gasteiger partial charge in [0.1, 0.15) is 5.75 Å². The van der Waals surface area contributed by atoms with Crippen molar-refractivity contribution in [3.63, 3.8) is 0 Å². The summed E-state index contributed by atoms with van der Waals surface area (Å²) in [6.07, 6.45) is 12.3. The van der Waals surface area contributed by atoms with Crippen molar-refractivity contribution in [3.05, 3.63) is 94.6 Å². The maximum absolute atomic E-state index is 13.5. The number of carbonyl (C=O) groups excluding carboxylic acids is 1. The van der Waals surface area contributed by atoms with Crippen molar-refractivity contribution in [1.82, 2.24) is 5.32 Å². The molecular weight excluding hydrogens is 458 g/mol. The number of benzodiazepines with no additional fused rings is 1. The molecule has 6 heteroatoms. The van der Waals surface area contributed by atoms with E-state index in [4.69, 9.17) is 21.3 Å². The van der Waals surface area contributed by atoms with E-state index in [9.17, 15) is 4.79 Å². The molecule has 2 aliphatic rings. The zero-order valence-corrected chi connectivity index (χ0v) is 21.3. The monoisotopic (exact) mass is 489 g/mol. The highest BCUT2D eigenvalue weighted by molar-refractivity contribution is 6.32. The molecule has 1 amide bonds. The van der Waals surface area contributed by atoms with E-state index in [0.29, 0.717) is 17.5 Å². The van der Waals surface area contributed by atoms with Crippen LogP contribution in [0.2, 0.25) is 5.02 Å². The number of ether oxygens (including phenoxy) is 1. The van der Waals surface area contributed by atoms with Gasteiger partial charge in [-0.1, -0.05) is 67.1 Å². The molecule has 0 spiro atoms. The summed E-state index contributed by atoms with van der Waals surface area (Å²) in [6.45, 7) is 2.82. The van der Waals surface area contributed by atoms with Crippen LogP contribution in [0.25, 0.3) is 0 Å². The van der Waals surface area contributed by atoms with Crippen LogP contribution in [0, 0.1) is 0 Å². The van der Waals surface area contributed by atoms with E-state index in [2.05, 4.69) is 36.5 Å². The molecule has 1 N–H and O–H groups in total. The second kappa shape index (κ2) is 11.5. The molecule has 1 aliphatic heterocycles. The molecule has 0 radical (unpaired) electrons. The van der Waals surface area contributed by atoms with Crippen LogP contribution in [0.3, 0.4) is 0 Å². The number of rotatable bonds is 8. The van der Waals surface area contributed by atoms with E-state index in [1.54, 1.807) is 19.1 Å². The summed E-state index contributed by atoms with van der Waals surface area (Å²) in [7, 11) is 3.50. The molecule has 1 heterocycles. The summed E-state index contributed by atoms with van der Waals surface area (Å²) in [5.74, 6) is 1.12. The van der Waals surface area contributed by atoms with Crippen molar-refractivity contribution in [3.8, 4) is 5.75 Å². The molecule has 5 nitrogen and oxygen atoms in total. The maximum atomic E-state index is 13.5. The topological polar surface area (TPSA) is 53.9 Å². The van der Waals surface area contributed by atoms with Crippen LogP contribution in [-0.4, -0.2) is 38.5 Å². The van der Waals surface area contributed by atoms with Gasteiger partial charge in [0.25, 0.3) is 5.91 Å². The standard InChI is InChI=1S/C29H32ClN3O2/c1-4-20(23-13-9-10-14-26(23)35-3)17-18-31-28-29(34)33(2)25-16-15-22(30)19-24(25)27(32-28)21-11-7-5-6-8-12-21/h5,7-16,19-20,28,31H,4,6,17-18H2,1-3H3. The number of anilines is 1. The molecule has 0 saturated heterocycles. The fourth-order valence-electron chi connectivity index (χ4n) is 4.62. The summed E-state index contributed by atoms with van der Waals surface area (Å²) >= 11 is 6.37. The lowest BCUT2D eigenvalue weighted by molar-refractivity contribution is -0.120. The molecule has 2 unspecified atom stereocenters. The number of nitrogens with one attached hydrogen (secondary N) is 1. The van der Waals surface area contributed by atoms with Gasteiger partial charge in [0, 0.05) is 23.2 Å². The molecule has 182 valence electrons. The van der Waals surface area contributed by atoms with Gasteiger partial charge in [-0.2, -0.15) is 0 Å². The number of halogens is 1. The zero-order valence-electron chi connectivity index (χ0n) is 20.5. The van der Waals surface area contributed by atoms with Gasteiger partial charge >= 0.3 is 0 Å². The van der Waals surface area contributed by atoms with E-state index >= 15 is 0 Å². The molecule has 1 aliphatic carbocycles. The van der Waals surface area contributed by atoms with E-state index in [1.165, 1.54) is 5.56 Å². The van der Waals surface area contributed by atoms with Crippen molar-refractivity contribution >= 4 is 28.9 Å². The number of nitrogens with zero attached hydrogens (tertiary/aromatic N) is 2. The molecule has 0 saturated carbocycles. The second-order valence-corrected chi connectivity index (χ2v) is 9.15.